The van der Waals surface area contributed by atoms with Crippen LogP contribution in [0, 0.1) is 0 Å². The minimum absolute atomic E-state index is 0.168. The molecular formula is C9H18N4O3. The number of amides is 3. The van der Waals surface area contributed by atoms with Gasteiger partial charge in [-0.2, -0.15) is 0 Å². The quantitative estimate of drug-likeness (QED) is 0.411. The average Bonchev–Trinajstić information content (AvgIpc) is 2.26. The molecule has 3 amide bonds. The van der Waals surface area contributed by atoms with Crippen molar-refractivity contribution in [1.29, 1.82) is 0 Å². The SMILES string of the molecule is CCNC(=O)C(C)NC(=O)CNC(=O)CN. The average molecular weight is 230 g/mol. The van der Waals surface area contributed by atoms with Gasteiger partial charge < -0.3 is 21.7 Å². The van der Waals surface area contributed by atoms with Crippen LogP contribution in [-0.4, -0.2) is 43.4 Å². The van der Waals surface area contributed by atoms with Crippen LogP contribution in [0.2, 0.25) is 0 Å². The molecule has 0 bridgehead atoms. The molecule has 1 unspecified atom stereocenters. The molecule has 92 valence electrons. The summed E-state index contributed by atoms with van der Waals surface area (Å²) in [6, 6.07) is -0.623. The number of hydrogen-bond acceptors (Lipinski definition) is 4. The summed E-state index contributed by atoms with van der Waals surface area (Å²) in [4.78, 5) is 33.2. The van der Waals surface area contributed by atoms with Crippen LogP contribution in [0.4, 0.5) is 0 Å². The molecule has 0 radical (unpaired) electrons. The molecule has 0 spiro atoms. The van der Waals surface area contributed by atoms with Crippen LogP contribution in [0.15, 0.2) is 0 Å². The maximum absolute atomic E-state index is 11.2. The van der Waals surface area contributed by atoms with Crippen molar-refractivity contribution in [3.8, 4) is 0 Å². The van der Waals surface area contributed by atoms with Crippen LogP contribution in [0.1, 0.15) is 13.8 Å². The Bertz CT molecular complexity index is 267. The number of hydrogen-bond donors (Lipinski definition) is 4. The summed E-state index contributed by atoms with van der Waals surface area (Å²) in [6.45, 7) is 3.50. The lowest BCUT2D eigenvalue weighted by Crippen LogP contribution is -2.48. The molecule has 0 saturated carbocycles. The normalized spacial score (nSPS) is 11.4. The number of likely N-dealkylation sites (N-methyl/N-ethyl adjacent to an activating group) is 1. The number of nitrogens with two attached hydrogens (primary N) is 1. The van der Waals surface area contributed by atoms with Crippen LogP contribution < -0.4 is 21.7 Å². The maximum Gasteiger partial charge on any atom is 0.242 e. The first-order chi connectivity index (χ1) is 7.51. The second kappa shape index (κ2) is 7.63. The Kier molecular flexibility index (Phi) is 6.86. The summed E-state index contributed by atoms with van der Waals surface area (Å²) < 4.78 is 0. The first-order valence-corrected chi connectivity index (χ1v) is 5.05. The van der Waals surface area contributed by atoms with Crippen LogP contribution in [-0.2, 0) is 14.4 Å². The highest BCUT2D eigenvalue weighted by atomic mass is 16.2. The van der Waals surface area contributed by atoms with E-state index < -0.39 is 17.9 Å². The fourth-order valence-corrected chi connectivity index (χ4v) is 0.936. The molecule has 1 atom stereocenters. The predicted molar refractivity (Wildman–Crippen MR) is 58.4 cm³/mol. The van der Waals surface area contributed by atoms with Gasteiger partial charge in [-0.25, -0.2) is 0 Å². The molecule has 5 N–H and O–H groups in total. The van der Waals surface area contributed by atoms with Crippen LogP contribution in [0.5, 0.6) is 0 Å². The second-order valence-corrected chi connectivity index (χ2v) is 3.16. The van der Waals surface area contributed by atoms with Crippen LogP contribution >= 0.6 is 0 Å². The highest BCUT2D eigenvalue weighted by Gasteiger charge is 2.14. The smallest absolute Gasteiger partial charge is 0.242 e. The molecule has 0 saturated heterocycles. The Morgan fingerprint density at radius 3 is 2.31 bits per heavy atom. The molecular weight excluding hydrogens is 212 g/mol. The number of nitrogens with one attached hydrogen (secondary N) is 3. The van der Waals surface area contributed by atoms with E-state index in [9.17, 15) is 14.4 Å². The maximum atomic E-state index is 11.2. The third-order valence-electron chi connectivity index (χ3n) is 1.75. The van der Waals surface area contributed by atoms with Gasteiger partial charge in [-0.3, -0.25) is 14.4 Å². The lowest BCUT2D eigenvalue weighted by Gasteiger charge is -2.13. The van der Waals surface area contributed by atoms with E-state index in [-0.39, 0.29) is 19.0 Å². The molecule has 7 heteroatoms. The van der Waals surface area contributed by atoms with Crippen molar-refractivity contribution in [3.05, 3.63) is 0 Å². The van der Waals surface area contributed by atoms with Crippen molar-refractivity contribution in [2.75, 3.05) is 19.6 Å². The summed E-state index contributed by atoms with van der Waals surface area (Å²) >= 11 is 0. The van der Waals surface area contributed by atoms with E-state index >= 15 is 0 Å². The van der Waals surface area contributed by atoms with Gasteiger partial charge >= 0.3 is 0 Å². The highest BCUT2D eigenvalue weighted by molar-refractivity contribution is 5.90. The van der Waals surface area contributed by atoms with Crippen LogP contribution in [0.3, 0.4) is 0 Å². The van der Waals surface area contributed by atoms with Gasteiger partial charge in [0.1, 0.15) is 6.04 Å². The zero-order chi connectivity index (χ0) is 12.6. The molecule has 0 aromatic heterocycles. The van der Waals surface area contributed by atoms with Gasteiger partial charge in [0.25, 0.3) is 0 Å². The van der Waals surface area contributed by atoms with Crippen LogP contribution in [0.25, 0.3) is 0 Å². The van der Waals surface area contributed by atoms with E-state index in [1.807, 2.05) is 0 Å². The predicted octanol–water partition coefficient (Wildman–Crippen LogP) is -2.30. The summed E-state index contributed by atoms with van der Waals surface area (Å²) in [6.07, 6.45) is 0. The van der Waals surface area contributed by atoms with Crippen molar-refractivity contribution in [2.45, 2.75) is 19.9 Å². The minimum Gasteiger partial charge on any atom is -0.355 e. The van der Waals surface area contributed by atoms with Crippen molar-refractivity contribution in [2.24, 2.45) is 5.73 Å². The van der Waals surface area contributed by atoms with Gasteiger partial charge in [-0.15, -0.1) is 0 Å². The fraction of sp³-hybridized carbons (Fsp3) is 0.667. The molecule has 16 heavy (non-hydrogen) atoms. The van der Waals surface area contributed by atoms with Gasteiger partial charge in [0.15, 0.2) is 0 Å². The Hall–Kier alpha value is -1.63. The molecule has 0 aromatic rings. The Labute approximate surface area is 94.1 Å². The van der Waals surface area contributed by atoms with E-state index in [2.05, 4.69) is 16.0 Å². The summed E-state index contributed by atoms with van der Waals surface area (Å²) in [5.41, 5.74) is 5.04. The van der Waals surface area contributed by atoms with Gasteiger partial charge in [-0.05, 0) is 13.8 Å². The van der Waals surface area contributed by atoms with Gasteiger partial charge in [0, 0.05) is 6.54 Å². The fourth-order valence-electron chi connectivity index (χ4n) is 0.936. The minimum atomic E-state index is -0.623. The molecule has 0 aliphatic heterocycles. The number of carbonyl (C=O) groups excluding carboxylic acids is 3. The van der Waals surface area contributed by atoms with Crippen molar-refractivity contribution < 1.29 is 14.4 Å². The van der Waals surface area contributed by atoms with E-state index in [1.54, 1.807) is 13.8 Å². The third-order valence-corrected chi connectivity index (χ3v) is 1.75. The van der Waals surface area contributed by atoms with Gasteiger partial charge in [0.05, 0.1) is 13.1 Å². The topological polar surface area (TPSA) is 113 Å². The Morgan fingerprint density at radius 1 is 1.19 bits per heavy atom. The second-order valence-electron chi connectivity index (χ2n) is 3.16. The number of rotatable bonds is 6. The van der Waals surface area contributed by atoms with Gasteiger partial charge in [0.2, 0.25) is 17.7 Å². The summed E-state index contributed by atoms with van der Waals surface area (Å²) in [5, 5.41) is 7.30. The molecule has 0 aliphatic rings. The van der Waals surface area contributed by atoms with E-state index in [0.717, 1.165) is 0 Å². The molecule has 7 nitrogen and oxygen atoms in total. The molecule has 0 aromatic carbocycles. The van der Waals surface area contributed by atoms with Crippen molar-refractivity contribution >= 4 is 17.7 Å². The highest BCUT2D eigenvalue weighted by Crippen LogP contribution is 1.81. The zero-order valence-corrected chi connectivity index (χ0v) is 9.50. The van der Waals surface area contributed by atoms with E-state index in [0.29, 0.717) is 6.54 Å². The third kappa shape index (κ3) is 5.97. The van der Waals surface area contributed by atoms with Crippen molar-refractivity contribution in [1.82, 2.24) is 16.0 Å². The molecule has 0 rings (SSSR count). The number of carbonyl (C=O) groups is 3. The van der Waals surface area contributed by atoms with E-state index in [1.165, 1.54) is 0 Å². The largest absolute Gasteiger partial charge is 0.355 e. The Morgan fingerprint density at radius 2 is 1.81 bits per heavy atom. The van der Waals surface area contributed by atoms with Crippen molar-refractivity contribution in [3.63, 3.8) is 0 Å². The molecule has 0 aliphatic carbocycles. The first-order valence-electron chi connectivity index (χ1n) is 5.05. The first kappa shape index (κ1) is 14.4. The van der Waals surface area contributed by atoms with Gasteiger partial charge in [-0.1, -0.05) is 0 Å². The molecule has 0 heterocycles. The Balaban J connectivity index is 3.86. The summed E-state index contributed by atoms with van der Waals surface area (Å²) in [7, 11) is 0. The zero-order valence-electron chi connectivity index (χ0n) is 9.50. The lowest BCUT2D eigenvalue weighted by molar-refractivity contribution is -0.129. The lowest BCUT2D eigenvalue weighted by atomic mass is 10.3. The molecule has 0 fully saturated rings. The summed E-state index contributed by atoms with van der Waals surface area (Å²) in [5.74, 6) is -1.11. The van der Waals surface area contributed by atoms with E-state index in [4.69, 9.17) is 5.73 Å². The standard InChI is InChI=1S/C9H18N4O3/c1-3-11-9(16)6(2)13-8(15)5-12-7(14)4-10/h6H,3-5,10H2,1-2H3,(H,11,16)(H,12,14)(H,13,15). The monoisotopic (exact) mass is 230 g/mol.